The number of fused-ring (bicyclic) bond motifs is 1. The lowest BCUT2D eigenvalue weighted by Crippen LogP contribution is -2.32. The molecule has 0 N–H and O–H groups in total. The van der Waals surface area contributed by atoms with E-state index in [0.717, 1.165) is 30.5 Å². The van der Waals surface area contributed by atoms with Crippen LogP contribution in [-0.2, 0) is 6.54 Å². The van der Waals surface area contributed by atoms with Crippen molar-refractivity contribution in [1.29, 1.82) is 0 Å². The van der Waals surface area contributed by atoms with Crippen molar-refractivity contribution >= 4 is 21.8 Å². The molecule has 1 aromatic rings. The van der Waals surface area contributed by atoms with E-state index >= 15 is 0 Å². The smallest absolute Gasteiger partial charge is 0.255 e. The van der Waals surface area contributed by atoms with Gasteiger partial charge < -0.3 is 4.90 Å². The molecule has 1 fully saturated rings. The molecule has 72 valence electrons. The molecule has 0 spiro atoms. The fraction of sp³-hybridized carbons (Fsp3) is 0.364. The van der Waals surface area contributed by atoms with Gasteiger partial charge in [-0.3, -0.25) is 4.79 Å². The summed E-state index contributed by atoms with van der Waals surface area (Å²) in [6, 6.07) is 7.86. The molecule has 2 aliphatic rings. The van der Waals surface area contributed by atoms with Crippen LogP contribution >= 0.6 is 15.9 Å². The highest BCUT2D eigenvalue weighted by molar-refractivity contribution is 9.10. The van der Waals surface area contributed by atoms with Gasteiger partial charge in [0.2, 0.25) is 0 Å². The topological polar surface area (TPSA) is 20.3 Å². The molecule has 0 aromatic heterocycles. The first-order valence-corrected chi connectivity index (χ1v) is 5.59. The second-order valence-corrected chi connectivity index (χ2v) is 5.44. The van der Waals surface area contributed by atoms with Crippen LogP contribution in [0.5, 0.6) is 0 Å². The average Bonchev–Trinajstić information content (AvgIpc) is 2.84. The van der Waals surface area contributed by atoms with E-state index < -0.39 is 0 Å². The third-order valence-corrected chi connectivity index (χ3v) is 4.19. The molecular formula is C11H10BrNO. The molecule has 14 heavy (non-hydrogen) atoms. The summed E-state index contributed by atoms with van der Waals surface area (Å²) in [6.45, 7) is 0.764. The van der Waals surface area contributed by atoms with E-state index in [-0.39, 0.29) is 10.4 Å². The molecule has 1 aliphatic heterocycles. The van der Waals surface area contributed by atoms with Crippen molar-refractivity contribution in [1.82, 2.24) is 4.90 Å². The number of halogens is 1. The Morgan fingerprint density at radius 1 is 1.29 bits per heavy atom. The highest BCUT2D eigenvalue weighted by atomic mass is 79.9. The number of nitrogens with zero attached hydrogens (tertiary/aromatic N) is 1. The Morgan fingerprint density at radius 2 is 2.00 bits per heavy atom. The van der Waals surface area contributed by atoms with Crippen LogP contribution in [0.3, 0.4) is 0 Å². The van der Waals surface area contributed by atoms with E-state index in [1.165, 1.54) is 0 Å². The first-order valence-electron chi connectivity index (χ1n) is 4.79. The molecule has 0 saturated heterocycles. The van der Waals surface area contributed by atoms with Crippen molar-refractivity contribution in [2.24, 2.45) is 0 Å². The van der Waals surface area contributed by atoms with Crippen molar-refractivity contribution in [3.05, 3.63) is 35.4 Å². The van der Waals surface area contributed by atoms with Crippen molar-refractivity contribution in [2.75, 3.05) is 0 Å². The molecule has 2 nitrogen and oxygen atoms in total. The zero-order valence-corrected chi connectivity index (χ0v) is 9.25. The summed E-state index contributed by atoms with van der Waals surface area (Å²) in [6.07, 6.45) is 2.15. The van der Waals surface area contributed by atoms with Gasteiger partial charge in [-0.05, 0) is 24.5 Å². The monoisotopic (exact) mass is 251 g/mol. The van der Waals surface area contributed by atoms with E-state index in [9.17, 15) is 4.79 Å². The number of alkyl halides is 1. The lowest BCUT2D eigenvalue weighted by molar-refractivity contribution is 0.0751. The third-order valence-electron chi connectivity index (χ3n) is 2.97. The standard InChI is InChI=1S/C11H10BrNO/c12-11(5-6-11)13-7-8-3-1-2-4-9(8)10(13)14/h1-4H,5-7H2. The fourth-order valence-corrected chi connectivity index (χ4v) is 2.44. The summed E-state index contributed by atoms with van der Waals surface area (Å²) in [4.78, 5) is 13.9. The van der Waals surface area contributed by atoms with Crippen LogP contribution in [0.15, 0.2) is 24.3 Å². The number of hydrogen-bond acceptors (Lipinski definition) is 1. The van der Waals surface area contributed by atoms with E-state index in [4.69, 9.17) is 0 Å². The maximum Gasteiger partial charge on any atom is 0.255 e. The second kappa shape index (κ2) is 2.60. The molecule has 3 rings (SSSR count). The number of benzene rings is 1. The number of carbonyl (C=O) groups is 1. The van der Waals surface area contributed by atoms with Crippen LogP contribution in [0, 0.1) is 0 Å². The van der Waals surface area contributed by atoms with Gasteiger partial charge in [0.05, 0.1) is 4.45 Å². The average molecular weight is 252 g/mol. The Morgan fingerprint density at radius 3 is 2.64 bits per heavy atom. The lowest BCUT2D eigenvalue weighted by atomic mass is 10.1. The van der Waals surface area contributed by atoms with Gasteiger partial charge in [-0.2, -0.15) is 0 Å². The molecule has 0 unspecified atom stereocenters. The Labute approximate surface area is 91.0 Å². The number of hydrogen-bond donors (Lipinski definition) is 0. The summed E-state index contributed by atoms with van der Waals surface area (Å²) < 4.78 is -0.0247. The summed E-state index contributed by atoms with van der Waals surface area (Å²) >= 11 is 3.62. The Hall–Kier alpha value is -0.830. The van der Waals surface area contributed by atoms with Crippen LogP contribution in [0.4, 0.5) is 0 Å². The van der Waals surface area contributed by atoms with Crippen LogP contribution in [0.25, 0.3) is 0 Å². The normalized spacial score (nSPS) is 22.4. The molecule has 1 heterocycles. The third kappa shape index (κ3) is 1.05. The van der Waals surface area contributed by atoms with Gasteiger partial charge in [-0.1, -0.05) is 34.1 Å². The van der Waals surface area contributed by atoms with Crippen LogP contribution in [0.2, 0.25) is 0 Å². The molecule has 0 atom stereocenters. The fourth-order valence-electron chi connectivity index (χ4n) is 1.95. The highest BCUT2D eigenvalue weighted by Crippen LogP contribution is 2.50. The van der Waals surface area contributed by atoms with Crippen LogP contribution < -0.4 is 0 Å². The van der Waals surface area contributed by atoms with E-state index in [0.29, 0.717) is 0 Å². The van der Waals surface area contributed by atoms with Crippen LogP contribution in [0.1, 0.15) is 28.8 Å². The van der Waals surface area contributed by atoms with Crippen molar-refractivity contribution in [3.8, 4) is 0 Å². The molecule has 0 bridgehead atoms. The molecule has 3 heteroatoms. The second-order valence-electron chi connectivity index (χ2n) is 3.97. The lowest BCUT2D eigenvalue weighted by Gasteiger charge is -2.21. The zero-order valence-electron chi connectivity index (χ0n) is 7.66. The van der Waals surface area contributed by atoms with Gasteiger partial charge >= 0.3 is 0 Å². The van der Waals surface area contributed by atoms with Crippen LogP contribution in [-0.4, -0.2) is 15.3 Å². The predicted octanol–water partition coefficient (Wildman–Crippen LogP) is 2.53. The number of carbonyl (C=O) groups excluding carboxylic acids is 1. The quantitative estimate of drug-likeness (QED) is 0.555. The maximum atomic E-state index is 12.0. The van der Waals surface area contributed by atoms with Gasteiger partial charge in [0.25, 0.3) is 5.91 Å². The first-order chi connectivity index (χ1) is 6.71. The molecular weight excluding hydrogens is 242 g/mol. The Kier molecular flexibility index (Phi) is 1.57. The number of amides is 1. The Bertz CT molecular complexity index is 412. The number of rotatable bonds is 1. The minimum Gasteiger partial charge on any atom is -0.319 e. The van der Waals surface area contributed by atoms with E-state index in [1.54, 1.807) is 0 Å². The highest BCUT2D eigenvalue weighted by Gasteiger charge is 2.50. The first kappa shape index (κ1) is 8.48. The zero-order chi connectivity index (χ0) is 9.76. The van der Waals surface area contributed by atoms with Gasteiger partial charge in [0.1, 0.15) is 0 Å². The summed E-state index contributed by atoms with van der Waals surface area (Å²) in [5, 5.41) is 0. The minimum absolute atomic E-state index is 0.0247. The molecule has 0 radical (unpaired) electrons. The SMILES string of the molecule is O=C1c2ccccc2CN1C1(Br)CC1. The molecule has 1 aromatic carbocycles. The van der Waals surface area contributed by atoms with Crippen molar-refractivity contribution < 1.29 is 4.79 Å². The molecule has 1 saturated carbocycles. The van der Waals surface area contributed by atoms with Gasteiger partial charge in [0, 0.05) is 12.1 Å². The van der Waals surface area contributed by atoms with E-state index in [2.05, 4.69) is 15.9 Å². The predicted molar refractivity (Wildman–Crippen MR) is 57.2 cm³/mol. The van der Waals surface area contributed by atoms with Gasteiger partial charge in [0.15, 0.2) is 0 Å². The minimum atomic E-state index is -0.0247. The molecule has 1 aliphatic carbocycles. The van der Waals surface area contributed by atoms with Gasteiger partial charge in [-0.25, -0.2) is 0 Å². The maximum absolute atomic E-state index is 12.0. The largest absolute Gasteiger partial charge is 0.319 e. The summed E-state index contributed by atoms with van der Waals surface area (Å²) in [5.74, 6) is 0.176. The summed E-state index contributed by atoms with van der Waals surface area (Å²) in [5.41, 5.74) is 2.03. The van der Waals surface area contributed by atoms with Crippen molar-refractivity contribution in [2.45, 2.75) is 23.8 Å². The van der Waals surface area contributed by atoms with Crippen molar-refractivity contribution in [3.63, 3.8) is 0 Å². The van der Waals surface area contributed by atoms with E-state index in [1.807, 2.05) is 29.2 Å². The Balaban J connectivity index is 2.01. The van der Waals surface area contributed by atoms with Gasteiger partial charge in [-0.15, -0.1) is 0 Å². The molecule has 1 amide bonds. The summed E-state index contributed by atoms with van der Waals surface area (Å²) in [7, 11) is 0.